The Morgan fingerprint density at radius 3 is 2.83 bits per heavy atom. The van der Waals surface area contributed by atoms with E-state index in [1.807, 2.05) is 29.2 Å². The van der Waals surface area contributed by atoms with Gasteiger partial charge in [-0.25, -0.2) is 0 Å². The number of pyridine rings is 1. The van der Waals surface area contributed by atoms with Gasteiger partial charge in [-0.2, -0.15) is 0 Å². The van der Waals surface area contributed by atoms with E-state index in [9.17, 15) is 15.2 Å². The maximum atomic E-state index is 11.1. The average Bonchev–Trinajstić information content (AvgIpc) is 3.34. The fraction of sp³-hybridized carbons (Fsp3) is 0.200. The van der Waals surface area contributed by atoms with Crippen LogP contribution < -0.4 is 5.32 Å². The summed E-state index contributed by atoms with van der Waals surface area (Å²) in [5.74, 6) is 1.15. The molecule has 2 aromatic heterocycles. The van der Waals surface area contributed by atoms with Gasteiger partial charge >= 0.3 is 0 Å². The minimum Gasteiger partial charge on any atom is -0.459 e. The molecule has 29 heavy (non-hydrogen) atoms. The van der Waals surface area contributed by atoms with E-state index in [-0.39, 0.29) is 24.4 Å². The maximum absolute atomic E-state index is 11.1. The summed E-state index contributed by atoms with van der Waals surface area (Å²) in [7, 11) is 0. The Balaban J connectivity index is 1.72. The highest BCUT2D eigenvalue weighted by Crippen LogP contribution is 2.40. The highest BCUT2D eigenvalue weighted by molar-refractivity contribution is 7.80. The summed E-state index contributed by atoms with van der Waals surface area (Å²) in [6.45, 7) is 0.276. The van der Waals surface area contributed by atoms with Gasteiger partial charge in [0, 0.05) is 30.4 Å². The molecule has 0 aliphatic carbocycles. The number of nitro benzene ring substituents is 1. The molecule has 148 valence electrons. The lowest BCUT2D eigenvalue weighted by Gasteiger charge is -2.25. The maximum Gasteiger partial charge on any atom is 0.270 e. The van der Waals surface area contributed by atoms with Gasteiger partial charge in [-0.3, -0.25) is 15.1 Å². The second kappa shape index (κ2) is 7.98. The number of hydrogen-bond donors (Lipinski definition) is 2. The molecule has 0 amide bonds. The van der Waals surface area contributed by atoms with Crippen molar-refractivity contribution in [1.29, 1.82) is 0 Å². The lowest BCUT2D eigenvalue weighted by Crippen LogP contribution is -2.32. The molecule has 2 atom stereocenters. The lowest BCUT2D eigenvalue weighted by atomic mass is 10.0. The molecule has 4 rings (SSSR count). The van der Waals surface area contributed by atoms with Crippen LogP contribution in [0.1, 0.15) is 23.5 Å². The third kappa shape index (κ3) is 3.69. The van der Waals surface area contributed by atoms with Crippen LogP contribution in [0.2, 0.25) is 0 Å². The smallest absolute Gasteiger partial charge is 0.270 e. The summed E-state index contributed by atoms with van der Waals surface area (Å²) < 4.78 is 6.09. The van der Waals surface area contributed by atoms with Crippen LogP contribution in [-0.4, -0.2) is 38.2 Å². The largest absolute Gasteiger partial charge is 0.459 e. The first kappa shape index (κ1) is 19.0. The third-order valence-electron chi connectivity index (χ3n) is 4.80. The normalized spacial score (nSPS) is 18.7. The first-order chi connectivity index (χ1) is 14.1. The Morgan fingerprint density at radius 2 is 2.10 bits per heavy atom. The molecule has 3 heterocycles. The van der Waals surface area contributed by atoms with Crippen LogP contribution in [0.15, 0.2) is 65.2 Å². The van der Waals surface area contributed by atoms with E-state index in [1.165, 1.54) is 12.1 Å². The van der Waals surface area contributed by atoms with E-state index in [2.05, 4.69) is 10.3 Å². The van der Waals surface area contributed by atoms with Crippen molar-refractivity contribution in [1.82, 2.24) is 15.2 Å². The molecule has 0 bridgehead atoms. The predicted molar refractivity (Wildman–Crippen MR) is 110 cm³/mol. The fourth-order valence-corrected chi connectivity index (χ4v) is 3.83. The SMILES string of the molecule is O=[N+]([O-])c1cccc(-c2ccc([C@@H]3[C@H](c4ccccn4)NC(=S)N3CCO)o2)c1. The van der Waals surface area contributed by atoms with Gasteiger partial charge in [-0.15, -0.1) is 0 Å². The summed E-state index contributed by atoms with van der Waals surface area (Å²) in [4.78, 5) is 16.9. The molecule has 0 unspecified atom stereocenters. The second-order valence-corrected chi connectivity index (χ2v) is 6.94. The topological polar surface area (TPSA) is 105 Å². The summed E-state index contributed by atoms with van der Waals surface area (Å²) in [5.41, 5.74) is 1.41. The van der Waals surface area contributed by atoms with E-state index in [1.54, 1.807) is 24.4 Å². The number of aromatic nitrogens is 1. The molecule has 8 nitrogen and oxygen atoms in total. The molecule has 1 saturated heterocycles. The zero-order valence-corrected chi connectivity index (χ0v) is 16.1. The molecule has 9 heteroatoms. The molecule has 3 aromatic rings. The van der Waals surface area contributed by atoms with E-state index in [4.69, 9.17) is 16.6 Å². The highest BCUT2D eigenvalue weighted by atomic mass is 32.1. The molecule has 0 spiro atoms. The van der Waals surface area contributed by atoms with Gasteiger partial charge in [0.05, 0.1) is 23.3 Å². The first-order valence-electron chi connectivity index (χ1n) is 9.02. The summed E-state index contributed by atoms with van der Waals surface area (Å²) in [6.07, 6.45) is 1.71. The Bertz CT molecular complexity index is 1040. The molecular formula is C20H18N4O4S. The number of hydrogen-bond acceptors (Lipinski definition) is 6. The Kier molecular flexibility index (Phi) is 5.24. The van der Waals surface area contributed by atoms with Gasteiger partial charge in [0.25, 0.3) is 5.69 Å². The number of aliphatic hydroxyl groups is 1. The van der Waals surface area contributed by atoms with Crippen molar-refractivity contribution in [3.63, 3.8) is 0 Å². The van der Waals surface area contributed by atoms with Crippen molar-refractivity contribution >= 4 is 23.0 Å². The molecule has 0 saturated carbocycles. The second-order valence-electron chi connectivity index (χ2n) is 6.55. The molecule has 1 fully saturated rings. The van der Waals surface area contributed by atoms with Crippen LogP contribution in [-0.2, 0) is 0 Å². The van der Waals surface area contributed by atoms with E-state index in [0.717, 1.165) is 5.69 Å². The van der Waals surface area contributed by atoms with Crippen molar-refractivity contribution in [2.24, 2.45) is 0 Å². The van der Waals surface area contributed by atoms with Gasteiger partial charge in [0.15, 0.2) is 5.11 Å². The van der Waals surface area contributed by atoms with Crippen LogP contribution >= 0.6 is 12.2 Å². The number of aliphatic hydroxyl groups excluding tert-OH is 1. The van der Waals surface area contributed by atoms with Crippen LogP contribution in [0.3, 0.4) is 0 Å². The number of rotatable bonds is 6. The van der Waals surface area contributed by atoms with Crippen LogP contribution in [0.4, 0.5) is 5.69 Å². The number of thiocarbonyl (C=S) groups is 1. The zero-order valence-electron chi connectivity index (χ0n) is 15.3. The first-order valence-corrected chi connectivity index (χ1v) is 9.43. The highest BCUT2D eigenvalue weighted by Gasteiger charge is 2.41. The van der Waals surface area contributed by atoms with E-state index >= 15 is 0 Å². The minimum absolute atomic E-state index is 0.00238. The van der Waals surface area contributed by atoms with Gasteiger partial charge in [-0.05, 0) is 36.5 Å². The lowest BCUT2D eigenvalue weighted by molar-refractivity contribution is -0.384. The molecule has 1 aliphatic rings. The number of β-amino-alcohol motifs (C(OH)–C–C–N with tert-alkyl or cyclic N) is 1. The monoisotopic (exact) mass is 410 g/mol. The van der Waals surface area contributed by atoms with Gasteiger partial charge < -0.3 is 19.7 Å². The summed E-state index contributed by atoms with van der Waals surface area (Å²) in [5, 5.41) is 24.3. The van der Waals surface area contributed by atoms with E-state index < -0.39 is 4.92 Å². The fourth-order valence-electron chi connectivity index (χ4n) is 3.50. The number of non-ortho nitro benzene ring substituents is 1. The molecule has 2 N–H and O–H groups in total. The molecular weight excluding hydrogens is 392 g/mol. The molecule has 1 aromatic carbocycles. The van der Waals surface area contributed by atoms with Crippen LogP contribution in [0.25, 0.3) is 11.3 Å². The quantitative estimate of drug-likeness (QED) is 0.363. The number of benzene rings is 1. The third-order valence-corrected chi connectivity index (χ3v) is 5.15. The number of nitrogens with zero attached hydrogens (tertiary/aromatic N) is 3. The Hall–Kier alpha value is -3.30. The van der Waals surface area contributed by atoms with Crippen LogP contribution in [0.5, 0.6) is 0 Å². The standard InChI is InChI=1S/C20H18N4O4S/c25-11-10-23-19(18(22-20(23)29)15-6-1-2-9-21-15)17-8-7-16(28-17)13-4-3-5-14(12-13)24(26)27/h1-9,12,18-19,25H,10-11H2,(H,22,29)/t18-,19+/m0/s1. The molecule has 0 radical (unpaired) electrons. The Labute approximate surface area is 171 Å². The van der Waals surface area contributed by atoms with Gasteiger partial charge in [-0.1, -0.05) is 18.2 Å². The molecule has 1 aliphatic heterocycles. The summed E-state index contributed by atoms with van der Waals surface area (Å²) in [6, 6.07) is 15.0. The summed E-state index contributed by atoms with van der Waals surface area (Å²) >= 11 is 5.47. The Morgan fingerprint density at radius 1 is 1.24 bits per heavy atom. The van der Waals surface area contributed by atoms with Crippen LogP contribution in [0, 0.1) is 10.1 Å². The number of nitro groups is 1. The van der Waals surface area contributed by atoms with Crippen molar-refractivity contribution < 1.29 is 14.4 Å². The van der Waals surface area contributed by atoms with Crippen molar-refractivity contribution in [2.75, 3.05) is 13.2 Å². The average molecular weight is 410 g/mol. The number of furan rings is 1. The van der Waals surface area contributed by atoms with Crippen molar-refractivity contribution in [3.8, 4) is 11.3 Å². The van der Waals surface area contributed by atoms with Gasteiger partial charge in [0.1, 0.15) is 17.6 Å². The van der Waals surface area contributed by atoms with Gasteiger partial charge in [0.2, 0.25) is 0 Å². The predicted octanol–water partition coefficient (Wildman–Crippen LogP) is 3.21. The minimum atomic E-state index is -0.438. The van der Waals surface area contributed by atoms with Crippen molar-refractivity contribution in [2.45, 2.75) is 12.1 Å². The zero-order chi connectivity index (χ0) is 20.4. The number of nitrogens with one attached hydrogen (secondary N) is 1. The van der Waals surface area contributed by atoms with E-state index in [0.29, 0.717) is 28.7 Å². The van der Waals surface area contributed by atoms with Crippen molar-refractivity contribution in [3.05, 3.63) is 82.4 Å².